The monoisotopic (exact) mass is 642 g/mol. The van der Waals surface area contributed by atoms with Crippen molar-refractivity contribution in [3.63, 3.8) is 0 Å². The summed E-state index contributed by atoms with van der Waals surface area (Å²) in [5.41, 5.74) is 10.7. The van der Waals surface area contributed by atoms with Crippen LogP contribution in [0.5, 0.6) is 0 Å². The smallest absolute Gasteiger partial charge is 0.310 e. The molecule has 0 radical (unpaired) electrons. The van der Waals surface area contributed by atoms with E-state index in [0.29, 0.717) is 16.5 Å². The molecule has 4 heterocycles. The minimum atomic E-state index is -0.142. The Morgan fingerprint density at radius 1 is 0.440 bits per heavy atom. The van der Waals surface area contributed by atoms with Gasteiger partial charge in [0, 0.05) is 32.9 Å². The molecule has 0 spiro atoms. The summed E-state index contributed by atoms with van der Waals surface area (Å²) >= 11 is 0. The molecule has 234 valence electrons. The molecule has 50 heavy (non-hydrogen) atoms. The van der Waals surface area contributed by atoms with Gasteiger partial charge in [0.25, 0.3) is 5.56 Å². The van der Waals surface area contributed by atoms with Crippen LogP contribution in [0.4, 0.5) is 0 Å². The number of fused-ring (bicyclic) bond motifs is 10. The van der Waals surface area contributed by atoms with E-state index in [-0.39, 0.29) is 11.4 Å². The SMILES string of the molecule is O=c1c2ccccc2oc2nc3cc4c(cc3n12)c1cc(-n2c3ccccc3c3cc(-c5ccccc5)ccc32)ccc1n4-c1ccccc1. The van der Waals surface area contributed by atoms with Crippen LogP contribution in [0.25, 0.3) is 94.0 Å². The summed E-state index contributed by atoms with van der Waals surface area (Å²) in [5.74, 6) is 0.285. The van der Waals surface area contributed by atoms with Crippen LogP contribution in [0.15, 0.2) is 167 Å². The lowest BCUT2D eigenvalue weighted by Crippen LogP contribution is -2.12. The van der Waals surface area contributed by atoms with E-state index in [1.54, 1.807) is 10.5 Å². The summed E-state index contributed by atoms with van der Waals surface area (Å²) in [6.07, 6.45) is 0. The maximum Gasteiger partial charge on any atom is 0.310 e. The van der Waals surface area contributed by atoms with E-state index in [1.165, 1.54) is 21.9 Å². The lowest BCUT2D eigenvalue weighted by Gasteiger charge is -2.10. The van der Waals surface area contributed by atoms with Crippen molar-refractivity contribution >= 4 is 71.5 Å². The van der Waals surface area contributed by atoms with Gasteiger partial charge >= 0.3 is 5.84 Å². The molecule has 0 N–H and O–H groups in total. The predicted octanol–water partition coefficient (Wildman–Crippen LogP) is 10.5. The third-order valence-corrected chi connectivity index (χ3v) is 10.1. The number of aromatic nitrogens is 4. The Kier molecular flexibility index (Phi) is 5.44. The molecule has 0 aliphatic heterocycles. The zero-order chi connectivity index (χ0) is 32.9. The first-order chi connectivity index (χ1) is 24.7. The molecule has 11 rings (SSSR count). The van der Waals surface area contributed by atoms with Gasteiger partial charge in [-0.15, -0.1) is 0 Å². The maximum absolute atomic E-state index is 13.8. The van der Waals surface area contributed by atoms with E-state index in [1.807, 2.05) is 24.3 Å². The van der Waals surface area contributed by atoms with Crippen LogP contribution in [0.2, 0.25) is 0 Å². The fourth-order valence-corrected chi connectivity index (χ4v) is 7.83. The van der Waals surface area contributed by atoms with Gasteiger partial charge in [-0.3, -0.25) is 4.79 Å². The lowest BCUT2D eigenvalue weighted by atomic mass is 10.0. The first-order valence-corrected chi connectivity index (χ1v) is 16.7. The molecule has 0 fully saturated rings. The molecule has 11 aromatic rings. The molecular formula is C44H26N4O2. The Morgan fingerprint density at radius 2 is 1.08 bits per heavy atom. The van der Waals surface area contributed by atoms with Crippen molar-refractivity contribution in [1.29, 1.82) is 0 Å². The molecule has 6 heteroatoms. The van der Waals surface area contributed by atoms with Gasteiger partial charge in [0.1, 0.15) is 5.58 Å². The Labute approximate surface area is 284 Å². The second-order valence-electron chi connectivity index (χ2n) is 12.8. The van der Waals surface area contributed by atoms with Crippen LogP contribution in [0, 0.1) is 0 Å². The van der Waals surface area contributed by atoms with Gasteiger partial charge in [0.2, 0.25) is 0 Å². The zero-order valence-electron chi connectivity index (χ0n) is 26.6. The van der Waals surface area contributed by atoms with Gasteiger partial charge in [-0.2, -0.15) is 4.98 Å². The summed E-state index contributed by atoms with van der Waals surface area (Å²) in [6, 6.07) is 54.5. The largest absolute Gasteiger partial charge is 0.424 e. The van der Waals surface area contributed by atoms with Crippen molar-refractivity contribution in [2.75, 3.05) is 0 Å². The molecule has 0 aliphatic carbocycles. The second-order valence-corrected chi connectivity index (χ2v) is 12.8. The number of imidazole rings is 1. The van der Waals surface area contributed by atoms with Gasteiger partial charge in [0.15, 0.2) is 0 Å². The zero-order valence-corrected chi connectivity index (χ0v) is 26.6. The lowest BCUT2D eigenvalue weighted by molar-refractivity contribution is 0.616. The number of hydrogen-bond acceptors (Lipinski definition) is 3. The quantitative estimate of drug-likeness (QED) is 0.193. The number of hydrogen-bond donors (Lipinski definition) is 0. The van der Waals surface area contributed by atoms with Crippen LogP contribution in [0.3, 0.4) is 0 Å². The molecule has 0 saturated carbocycles. The molecule has 0 unspecified atom stereocenters. The van der Waals surface area contributed by atoms with Crippen LogP contribution >= 0.6 is 0 Å². The van der Waals surface area contributed by atoms with E-state index in [0.717, 1.165) is 49.7 Å². The minimum absolute atomic E-state index is 0.142. The maximum atomic E-state index is 13.8. The van der Waals surface area contributed by atoms with Crippen molar-refractivity contribution in [3.8, 4) is 22.5 Å². The fraction of sp³-hybridized carbons (Fsp3) is 0. The van der Waals surface area contributed by atoms with E-state index in [9.17, 15) is 4.79 Å². The van der Waals surface area contributed by atoms with Crippen molar-refractivity contribution in [2.24, 2.45) is 0 Å². The normalized spacial score (nSPS) is 12.1. The molecular weight excluding hydrogens is 617 g/mol. The summed E-state index contributed by atoms with van der Waals surface area (Å²) in [4.78, 5) is 18.6. The summed E-state index contributed by atoms with van der Waals surface area (Å²) in [5, 5.41) is 5.05. The van der Waals surface area contributed by atoms with Gasteiger partial charge in [-0.1, -0.05) is 84.9 Å². The van der Waals surface area contributed by atoms with Gasteiger partial charge < -0.3 is 13.6 Å². The number of nitrogens with zero attached hydrogens (tertiary/aromatic N) is 4. The number of rotatable bonds is 3. The first-order valence-electron chi connectivity index (χ1n) is 16.7. The van der Waals surface area contributed by atoms with Crippen LogP contribution < -0.4 is 5.56 Å². The molecule has 0 saturated heterocycles. The highest BCUT2D eigenvalue weighted by atomic mass is 16.4. The van der Waals surface area contributed by atoms with E-state index in [2.05, 4.69) is 137 Å². The van der Waals surface area contributed by atoms with E-state index < -0.39 is 0 Å². The highest BCUT2D eigenvalue weighted by molar-refractivity contribution is 6.15. The fourth-order valence-electron chi connectivity index (χ4n) is 7.83. The van der Waals surface area contributed by atoms with E-state index >= 15 is 0 Å². The van der Waals surface area contributed by atoms with Crippen molar-refractivity contribution in [1.82, 2.24) is 18.5 Å². The third kappa shape index (κ3) is 3.73. The highest BCUT2D eigenvalue weighted by Gasteiger charge is 2.20. The Balaban J connectivity index is 1.22. The average molecular weight is 643 g/mol. The molecule has 7 aromatic carbocycles. The van der Waals surface area contributed by atoms with Gasteiger partial charge in [0.05, 0.1) is 38.5 Å². The van der Waals surface area contributed by atoms with Crippen LogP contribution in [0.1, 0.15) is 0 Å². The average Bonchev–Trinajstić information content (AvgIpc) is 3.81. The second kappa shape index (κ2) is 10.0. The topological polar surface area (TPSA) is 57.4 Å². The van der Waals surface area contributed by atoms with Crippen molar-refractivity contribution < 1.29 is 4.42 Å². The van der Waals surface area contributed by atoms with Crippen LogP contribution in [-0.4, -0.2) is 18.5 Å². The van der Waals surface area contributed by atoms with Crippen molar-refractivity contribution in [3.05, 3.63) is 168 Å². The number of para-hydroxylation sites is 3. The molecule has 0 amide bonds. The molecule has 4 aromatic heterocycles. The van der Waals surface area contributed by atoms with Gasteiger partial charge in [-0.25, -0.2) is 4.40 Å². The Morgan fingerprint density at radius 3 is 1.92 bits per heavy atom. The van der Waals surface area contributed by atoms with E-state index in [4.69, 9.17) is 9.40 Å². The summed E-state index contributed by atoms with van der Waals surface area (Å²) < 4.78 is 12.4. The molecule has 0 bridgehead atoms. The van der Waals surface area contributed by atoms with Crippen molar-refractivity contribution in [2.45, 2.75) is 0 Å². The number of benzene rings is 7. The third-order valence-electron chi connectivity index (χ3n) is 10.1. The predicted molar refractivity (Wildman–Crippen MR) is 203 cm³/mol. The van der Waals surface area contributed by atoms with Crippen LogP contribution in [-0.2, 0) is 0 Å². The molecule has 6 nitrogen and oxygen atoms in total. The minimum Gasteiger partial charge on any atom is -0.424 e. The standard InChI is InChI=1S/C44H26N4O2/c49-43-32-16-8-10-18-42(32)50-44-45-36-26-40-35(25-41(36)48(43)44)34-24-30(20-22-39(34)46(40)29-13-5-2-6-14-29)47-37-17-9-7-15-31(37)33-23-28(19-21-38(33)47)27-11-3-1-4-12-27/h1-26H. The van der Waals surface area contributed by atoms with Gasteiger partial charge in [-0.05, 0) is 83.9 Å². The first kappa shape index (κ1) is 27.1. The summed E-state index contributed by atoms with van der Waals surface area (Å²) in [7, 11) is 0. The Hall–Kier alpha value is -6.92. The molecule has 0 aliphatic rings. The molecule has 0 atom stereocenters. The summed E-state index contributed by atoms with van der Waals surface area (Å²) in [6.45, 7) is 0. The Bertz CT molecular complexity index is 3220. The highest BCUT2D eigenvalue weighted by Crippen LogP contribution is 2.39.